The van der Waals surface area contributed by atoms with E-state index in [-0.39, 0.29) is 18.7 Å². The molecule has 1 saturated carbocycles. The van der Waals surface area contributed by atoms with E-state index in [1.165, 1.54) is 12.1 Å². The highest BCUT2D eigenvalue weighted by molar-refractivity contribution is 5.69. The number of pyridine rings is 1. The maximum Gasteiger partial charge on any atom is 0.252 e. The van der Waals surface area contributed by atoms with Crippen LogP contribution in [0.2, 0.25) is 0 Å². The van der Waals surface area contributed by atoms with Crippen molar-refractivity contribution in [3.63, 3.8) is 0 Å². The summed E-state index contributed by atoms with van der Waals surface area (Å²) >= 11 is 0. The minimum absolute atomic E-state index is 0.248. The number of rotatable bonds is 3. The highest BCUT2D eigenvalue weighted by atomic mass is 19.3. The SMILES string of the molecule is CC1(Nc2nc(-c3ccc(F)cc3)ccc2N)CC(F)(F)C1. The molecular formula is C16H16F3N3. The van der Waals surface area contributed by atoms with Gasteiger partial charge in [0.25, 0.3) is 5.92 Å². The molecule has 1 aliphatic carbocycles. The van der Waals surface area contributed by atoms with E-state index in [0.29, 0.717) is 17.2 Å². The average Bonchev–Trinajstić information content (AvgIpc) is 2.40. The number of nitrogens with one attached hydrogen (secondary N) is 1. The molecule has 0 spiro atoms. The van der Waals surface area contributed by atoms with Crippen molar-refractivity contribution < 1.29 is 13.2 Å². The summed E-state index contributed by atoms with van der Waals surface area (Å²) in [5.74, 6) is -2.59. The van der Waals surface area contributed by atoms with Gasteiger partial charge in [-0.1, -0.05) is 0 Å². The van der Waals surface area contributed by atoms with Crippen LogP contribution in [0.5, 0.6) is 0 Å². The molecule has 1 aromatic carbocycles. The van der Waals surface area contributed by atoms with Gasteiger partial charge in [0.05, 0.1) is 11.4 Å². The number of nitrogens with two attached hydrogens (primary N) is 1. The Kier molecular flexibility index (Phi) is 3.27. The number of halogens is 3. The normalized spacial score (nSPS) is 18.5. The van der Waals surface area contributed by atoms with Crippen molar-refractivity contribution in [2.75, 3.05) is 11.1 Å². The van der Waals surface area contributed by atoms with Gasteiger partial charge in [-0.2, -0.15) is 0 Å². The maximum atomic E-state index is 13.1. The van der Waals surface area contributed by atoms with Crippen molar-refractivity contribution in [1.82, 2.24) is 4.98 Å². The molecule has 0 saturated heterocycles. The second kappa shape index (κ2) is 4.90. The number of alkyl halides is 2. The maximum absolute atomic E-state index is 13.1. The van der Waals surface area contributed by atoms with E-state index in [1.807, 2.05) is 0 Å². The summed E-state index contributed by atoms with van der Waals surface area (Å²) in [6.45, 7) is 1.72. The summed E-state index contributed by atoms with van der Waals surface area (Å²) in [6.07, 6.45) is -0.496. The van der Waals surface area contributed by atoms with Crippen LogP contribution in [-0.2, 0) is 0 Å². The molecule has 22 heavy (non-hydrogen) atoms. The Hall–Kier alpha value is -2.24. The summed E-state index contributed by atoms with van der Waals surface area (Å²) in [5.41, 5.74) is 6.88. The minimum Gasteiger partial charge on any atom is -0.396 e. The molecule has 0 unspecified atom stereocenters. The Labute approximate surface area is 126 Å². The Morgan fingerprint density at radius 1 is 1.09 bits per heavy atom. The first-order valence-electron chi connectivity index (χ1n) is 6.95. The number of aromatic nitrogens is 1. The number of nitrogens with zero attached hydrogens (tertiary/aromatic N) is 1. The van der Waals surface area contributed by atoms with Crippen molar-refractivity contribution in [3.05, 3.63) is 42.2 Å². The van der Waals surface area contributed by atoms with E-state index >= 15 is 0 Å². The predicted octanol–water partition coefficient (Wildman–Crippen LogP) is 4.07. The number of benzene rings is 1. The summed E-state index contributed by atoms with van der Waals surface area (Å²) in [6, 6.07) is 9.27. The Bertz CT molecular complexity index is 690. The average molecular weight is 307 g/mol. The van der Waals surface area contributed by atoms with Gasteiger partial charge >= 0.3 is 0 Å². The van der Waals surface area contributed by atoms with Crippen LogP contribution in [0, 0.1) is 5.82 Å². The van der Waals surface area contributed by atoms with Crippen molar-refractivity contribution in [2.45, 2.75) is 31.2 Å². The summed E-state index contributed by atoms with van der Waals surface area (Å²) in [4.78, 5) is 4.38. The molecule has 1 heterocycles. The lowest BCUT2D eigenvalue weighted by Gasteiger charge is -2.45. The molecule has 0 bridgehead atoms. The first-order valence-corrected chi connectivity index (χ1v) is 6.95. The Balaban J connectivity index is 1.86. The zero-order valence-electron chi connectivity index (χ0n) is 12.0. The summed E-state index contributed by atoms with van der Waals surface area (Å²) < 4.78 is 39.2. The van der Waals surface area contributed by atoms with Crippen LogP contribution in [0.3, 0.4) is 0 Å². The predicted molar refractivity (Wildman–Crippen MR) is 80.3 cm³/mol. The first kappa shape index (κ1) is 14.7. The largest absolute Gasteiger partial charge is 0.396 e. The molecule has 1 aliphatic rings. The minimum atomic E-state index is -2.63. The molecule has 1 fully saturated rings. The van der Waals surface area contributed by atoms with Gasteiger partial charge in [-0.25, -0.2) is 18.2 Å². The van der Waals surface area contributed by atoms with Crippen LogP contribution in [-0.4, -0.2) is 16.4 Å². The lowest BCUT2D eigenvalue weighted by Crippen LogP contribution is -2.54. The fourth-order valence-electron chi connectivity index (χ4n) is 2.82. The van der Waals surface area contributed by atoms with E-state index < -0.39 is 11.5 Å². The van der Waals surface area contributed by atoms with Gasteiger partial charge in [0.2, 0.25) is 0 Å². The summed E-state index contributed by atoms with van der Waals surface area (Å²) in [5, 5.41) is 3.01. The van der Waals surface area contributed by atoms with Gasteiger partial charge in [0, 0.05) is 23.9 Å². The van der Waals surface area contributed by atoms with Crippen molar-refractivity contribution in [2.24, 2.45) is 0 Å². The van der Waals surface area contributed by atoms with E-state index in [4.69, 9.17) is 5.73 Å². The molecule has 0 atom stereocenters. The highest BCUT2D eigenvalue weighted by Crippen LogP contribution is 2.47. The lowest BCUT2D eigenvalue weighted by molar-refractivity contribution is -0.109. The van der Waals surface area contributed by atoms with Crippen LogP contribution in [0.25, 0.3) is 11.3 Å². The quantitative estimate of drug-likeness (QED) is 0.898. The molecule has 6 heteroatoms. The molecule has 3 N–H and O–H groups in total. The first-order chi connectivity index (χ1) is 10.3. The molecule has 0 aliphatic heterocycles. The second-order valence-corrected chi connectivity index (χ2v) is 6.04. The van der Waals surface area contributed by atoms with Gasteiger partial charge in [-0.05, 0) is 43.3 Å². The van der Waals surface area contributed by atoms with Crippen LogP contribution >= 0.6 is 0 Å². The Morgan fingerprint density at radius 2 is 1.73 bits per heavy atom. The molecule has 0 amide bonds. The van der Waals surface area contributed by atoms with Crippen LogP contribution in [0.4, 0.5) is 24.7 Å². The molecule has 1 aromatic heterocycles. The van der Waals surface area contributed by atoms with E-state index in [1.54, 1.807) is 31.2 Å². The summed E-state index contributed by atoms with van der Waals surface area (Å²) in [7, 11) is 0. The number of hydrogen-bond acceptors (Lipinski definition) is 3. The van der Waals surface area contributed by atoms with E-state index in [9.17, 15) is 13.2 Å². The topological polar surface area (TPSA) is 50.9 Å². The number of nitrogen functional groups attached to an aromatic ring is 1. The molecule has 2 aromatic rings. The third-order valence-electron chi connectivity index (χ3n) is 3.78. The third-order valence-corrected chi connectivity index (χ3v) is 3.78. The van der Waals surface area contributed by atoms with Crippen LogP contribution in [0.15, 0.2) is 36.4 Å². The monoisotopic (exact) mass is 307 g/mol. The highest BCUT2D eigenvalue weighted by Gasteiger charge is 2.54. The smallest absolute Gasteiger partial charge is 0.252 e. The van der Waals surface area contributed by atoms with Crippen molar-refractivity contribution in [3.8, 4) is 11.3 Å². The molecule has 0 radical (unpaired) electrons. The molecular weight excluding hydrogens is 291 g/mol. The second-order valence-electron chi connectivity index (χ2n) is 6.04. The van der Waals surface area contributed by atoms with Gasteiger partial charge in [-0.15, -0.1) is 0 Å². The van der Waals surface area contributed by atoms with Crippen molar-refractivity contribution >= 4 is 11.5 Å². The lowest BCUT2D eigenvalue weighted by atomic mass is 9.75. The number of anilines is 2. The van der Waals surface area contributed by atoms with Gasteiger partial charge in [-0.3, -0.25) is 0 Å². The van der Waals surface area contributed by atoms with Gasteiger partial charge < -0.3 is 11.1 Å². The van der Waals surface area contributed by atoms with Gasteiger partial charge in [0.1, 0.15) is 11.6 Å². The zero-order chi connectivity index (χ0) is 16.0. The van der Waals surface area contributed by atoms with Gasteiger partial charge in [0.15, 0.2) is 0 Å². The van der Waals surface area contributed by atoms with Crippen LogP contribution in [0.1, 0.15) is 19.8 Å². The third kappa shape index (κ3) is 2.86. The van der Waals surface area contributed by atoms with E-state index in [0.717, 1.165) is 5.56 Å². The molecule has 3 nitrogen and oxygen atoms in total. The van der Waals surface area contributed by atoms with Crippen molar-refractivity contribution in [1.29, 1.82) is 0 Å². The fourth-order valence-corrected chi connectivity index (χ4v) is 2.82. The van der Waals surface area contributed by atoms with Crippen LogP contribution < -0.4 is 11.1 Å². The molecule has 116 valence electrons. The zero-order valence-corrected chi connectivity index (χ0v) is 12.0. The van der Waals surface area contributed by atoms with E-state index in [2.05, 4.69) is 10.3 Å². The Morgan fingerprint density at radius 3 is 2.32 bits per heavy atom. The molecule has 3 rings (SSSR count). The number of hydrogen-bond donors (Lipinski definition) is 2. The standard InChI is InChI=1S/C16H16F3N3/c1-15(8-16(18,19)9-15)22-14-12(20)6-7-13(21-14)10-2-4-11(17)5-3-10/h2-7H,8-9,20H2,1H3,(H,21,22). The fraction of sp³-hybridized carbons (Fsp3) is 0.312.